The number of benzene rings is 1. The highest BCUT2D eigenvalue weighted by atomic mass is 79.9. The number of allylic oxidation sites excluding steroid dienone is 1. The second-order valence-electron chi connectivity index (χ2n) is 6.20. The van der Waals surface area contributed by atoms with E-state index in [1.807, 2.05) is 30.5 Å². The Hall–Kier alpha value is -1.13. The van der Waals surface area contributed by atoms with Crippen molar-refractivity contribution >= 4 is 21.7 Å². The van der Waals surface area contributed by atoms with Gasteiger partial charge in [-0.1, -0.05) is 28.1 Å². The normalized spacial score (nSPS) is 22.8. The summed E-state index contributed by atoms with van der Waals surface area (Å²) in [6, 6.07) is 8.17. The molecule has 1 aromatic carbocycles. The Morgan fingerprint density at radius 2 is 1.95 bits per heavy atom. The minimum Gasteiger partial charge on any atom is -0.373 e. The maximum Gasteiger partial charge on any atom is 0.188 e. The van der Waals surface area contributed by atoms with Gasteiger partial charge in [-0.25, -0.2) is 0 Å². The lowest BCUT2D eigenvalue weighted by Gasteiger charge is -2.27. The Morgan fingerprint density at radius 3 is 2.73 bits per heavy atom. The fourth-order valence-electron chi connectivity index (χ4n) is 3.43. The van der Waals surface area contributed by atoms with E-state index in [2.05, 4.69) is 25.7 Å². The molecule has 0 N–H and O–H groups in total. The highest BCUT2D eigenvalue weighted by Gasteiger charge is 2.25. The average Bonchev–Trinajstić information content (AvgIpc) is 3.18. The third-order valence-corrected chi connectivity index (χ3v) is 5.34. The van der Waals surface area contributed by atoms with Crippen molar-refractivity contribution in [1.29, 1.82) is 0 Å². The van der Waals surface area contributed by atoms with Crippen molar-refractivity contribution in [1.82, 2.24) is 9.80 Å². The van der Waals surface area contributed by atoms with Crippen LogP contribution in [-0.2, 0) is 0 Å². The highest BCUT2D eigenvalue weighted by Crippen LogP contribution is 2.21. The number of nitrogens with zero attached hydrogens (tertiary/aromatic N) is 2. The Bertz CT molecular complexity index is 552. The molecule has 0 unspecified atom stereocenters. The first kappa shape index (κ1) is 15.8. The van der Waals surface area contributed by atoms with Gasteiger partial charge in [0, 0.05) is 41.4 Å². The van der Waals surface area contributed by atoms with Crippen LogP contribution in [-0.4, -0.2) is 47.8 Å². The van der Waals surface area contributed by atoms with Gasteiger partial charge in [-0.3, -0.25) is 4.79 Å². The van der Waals surface area contributed by atoms with Crippen molar-refractivity contribution in [2.75, 3.05) is 26.2 Å². The predicted molar refractivity (Wildman–Crippen MR) is 93.0 cm³/mol. The molecule has 0 amide bonds. The minimum absolute atomic E-state index is 0.0688. The summed E-state index contributed by atoms with van der Waals surface area (Å²) in [5.74, 6) is 0.0688. The van der Waals surface area contributed by atoms with Crippen molar-refractivity contribution in [3.05, 3.63) is 46.6 Å². The molecule has 0 radical (unpaired) electrons. The number of halogens is 1. The van der Waals surface area contributed by atoms with E-state index in [0.717, 1.165) is 23.1 Å². The van der Waals surface area contributed by atoms with E-state index in [4.69, 9.17) is 0 Å². The standard InChI is InChI=1S/C18H23BrN2O/c19-17-8-2-1-7-16(17)18(22)9-13-21-12-5-6-15(21)14-20-10-3-4-11-20/h1-2,7-9,13,15H,3-6,10-12,14H2/b13-9+/t15-/m0/s1. The molecule has 2 aliphatic rings. The summed E-state index contributed by atoms with van der Waals surface area (Å²) in [6.07, 6.45) is 8.88. The molecule has 2 heterocycles. The smallest absolute Gasteiger partial charge is 0.188 e. The van der Waals surface area contributed by atoms with E-state index in [0.29, 0.717) is 6.04 Å². The molecule has 0 saturated carbocycles. The van der Waals surface area contributed by atoms with Crippen molar-refractivity contribution in [2.45, 2.75) is 31.7 Å². The van der Waals surface area contributed by atoms with Gasteiger partial charge in [-0.2, -0.15) is 0 Å². The number of carbonyl (C=O) groups is 1. The second-order valence-corrected chi connectivity index (χ2v) is 7.06. The van der Waals surface area contributed by atoms with Crippen LogP contribution in [0.3, 0.4) is 0 Å². The number of carbonyl (C=O) groups excluding carboxylic acids is 1. The summed E-state index contributed by atoms with van der Waals surface area (Å²) < 4.78 is 0.861. The molecule has 2 saturated heterocycles. The third kappa shape index (κ3) is 3.79. The van der Waals surface area contributed by atoms with E-state index < -0.39 is 0 Å². The van der Waals surface area contributed by atoms with Gasteiger partial charge in [0.25, 0.3) is 0 Å². The molecule has 118 valence electrons. The molecule has 2 aliphatic heterocycles. The van der Waals surface area contributed by atoms with Gasteiger partial charge >= 0.3 is 0 Å². The van der Waals surface area contributed by atoms with Crippen molar-refractivity contribution in [3.63, 3.8) is 0 Å². The van der Waals surface area contributed by atoms with Crippen LogP contribution in [0.4, 0.5) is 0 Å². The van der Waals surface area contributed by atoms with Gasteiger partial charge in [0.15, 0.2) is 5.78 Å². The zero-order valence-corrected chi connectivity index (χ0v) is 14.5. The van der Waals surface area contributed by atoms with Crippen molar-refractivity contribution < 1.29 is 4.79 Å². The molecule has 3 rings (SSSR count). The number of rotatable bonds is 5. The molecular weight excluding hydrogens is 340 g/mol. The van der Waals surface area contributed by atoms with Gasteiger partial charge in [-0.05, 0) is 50.9 Å². The molecule has 4 heteroatoms. The summed E-state index contributed by atoms with van der Waals surface area (Å²) in [4.78, 5) is 17.2. The van der Waals surface area contributed by atoms with Gasteiger partial charge in [0.05, 0.1) is 0 Å². The Kier molecular flexibility index (Phi) is 5.32. The fourth-order valence-corrected chi connectivity index (χ4v) is 3.91. The van der Waals surface area contributed by atoms with Gasteiger partial charge in [0.1, 0.15) is 0 Å². The Labute approximate surface area is 141 Å². The lowest BCUT2D eigenvalue weighted by Crippen LogP contribution is -2.36. The molecule has 0 aromatic heterocycles. The van der Waals surface area contributed by atoms with Crippen LogP contribution in [0.1, 0.15) is 36.0 Å². The third-order valence-electron chi connectivity index (χ3n) is 4.65. The number of hydrogen-bond donors (Lipinski definition) is 0. The van der Waals surface area contributed by atoms with Crippen LogP contribution in [0.15, 0.2) is 41.0 Å². The van der Waals surface area contributed by atoms with Crippen LogP contribution in [0.2, 0.25) is 0 Å². The molecule has 3 nitrogen and oxygen atoms in total. The maximum absolute atomic E-state index is 12.3. The van der Waals surface area contributed by atoms with E-state index in [9.17, 15) is 4.79 Å². The van der Waals surface area contributed by atoms with Crippen LogP contribution < -0.4 is 0 Å². The summed E-state index contributed by atoms with van der Waals surface area (Å²) in [5, 5.41) is 0. The first-order chi connectivity index (χ1) is 10.7. The minimum atomic E-state index is 0.0688. The monoisotopic (exact) mass is 362 g/mol. The topological polar surface area (TPSA) is 23.6 Å². The SMILES string of the molecule is O=C(/C=C/N1CCC[C@H]1CN1CCCC1)c1ccccc1Br. The van der Waals surface area contributed by atoms with E-state index in [-0.39, 0.29) is 5.78 Å². The molecule has 0 spiro atoms. The number of ketones is 1. The second kappa shape index (κ2) is 7.42. The lowest BCUT2D eigenvalue weighted by atomic mass is 10.1. The molecule has 22 heavy (non-hydrogen) atoms. The Morgan fingerprint density at radius 1 is 1.18 bits per heavy atom. The van der Waals surface area contributed by atoms with Crippen LogP contribution in [0.25, 0.3) is 0 Å². The highest BCUT2D eigenvalue weighted by molar-refractivity contribution is 9.10. The van der Waals surface area contributed by atoms with E-state index in [1.165, 1.54) is 38.8 Å². The molecule has 0 aliphatic carbocycles. The molecule has 1 atom stereocenters. The maximum atomic E-state index is 12.3. The summed E-state index contributed by atoms with van der Waals surface area (Å²) >= 11 is 3.45. The molecule has 2 fully saturated rings. The quantitative estimate of drug-likeness (QED) is 0.589. The van der Waals surface area contributed by atoms with Crippen LogP contribution in [0.5, 0.6) is 0 Å². The Balaban J connectivity index is 1.61. The molecule has 0 bridgehead atoms. The summed E-state index contributed by atoms with van der Waals surface area (Å²) in [7, 11) is 0. The predicted octanol–water partition coefficient (Wildman–Crippen LogP) is 3.71. The first-order valence-electron chi connectivity index (χ1n) is 8.19. The zero-order valence-electron chi connectivity index (χ0n) is 12.9. The summed E-state index contributed by atoms with van der Waals surface area (Å²) in [5.41, 5.74) is 0.731. The summed E-state index contributed by atoms with van der Waals surface area (Å²) in [6.45, 7) is 4.69. The van der Waals surface area contributed by atoms with Gasteiger partial charge < -0.3 is 9.80 Å². The molecule has 1 aromatic rings. The van der Waals surface area contributed by atoms with Gasteiger partial charge in [0.2, 0.25) is 0 Å². The zero-order chi connectivity index (χ0) is 15.4. The first-order valence-corrected chi connectivity index (χ1v) is 8.98. The number of hydrogen-bond acceptors (Lipinski definition) is 3. The van der Waals surface area contributed by atoms with Crippen LogP contribution in [0, 0.1) is 0 Å². The van der Waals surface area contributed by atoms with E-state index >= 15 is 0 Å². The van der Waals surface area contributed by atoms with Crippen LogP contribution >= 0.6 is 15.9 Å². The fraction of sp³-hybridized carbons (Fsp3) is 0.500. The lowest BCUT2D eigenvalue weighted by molar-refractivity contribution is 0.104. The largest absolute Gasteiger partial charge is 0.373 e. The average molecular weight is 363 g/mol. The molecular formula is C18H23BrN2O. The van der Waals surface area contributed by atoms with Gasteiger partial charge in [-0.15, -0.1) is 0 Å². The number of likely N-dealkylation sites (tertiary alicyclic amines) is 2. The van der Waals surface area contributed by atoms with E-state index in [1.54, 1.807) is 6.08 Å². The van der Waals surface area contributed by atoms with Crippen molar-refractivity contribution in [2.24, 2.45) is 0 Å². The van der Waals surface area contributed by atoms with Crippen molar-refractivity contribution in [3.8, 4) is 0 Å².